The first-order valence-electron chi connectivity index (χ1n) is 5.13. The number of carboxylic acid groups (broad SMARTS) is 1. The Balaban J connectivity index is 2.22. The first-order valence-corrected chi connectivity index (χ1v) is 5.13. The number of carbonyl (C=O) groups is 2. The highest BCUT2D eigenvalue weighted by Crippen LogP contribution is 2.51. The van der Waals surface area contributed by atoms with E-state index in [0.717, 1.165) is 5.56 Å². The molecule has 2 rings (SSSR count). The van der Waals surface area contributed by atoms with Crippen LogP contribution in [0.15, 0.2) is 30.3 Å². The van der Waals surface area contributed by atoms with Crippen LogP contribution >= 0.6 is 0 Å². The molecule has 4 heteroatoms. The number of rotatable bonds is 3. The highest BCUT2D eigenvalue weighted by Gasteiger charge is 2.61. The topological polar surface area (TPSA) is 66.4 Å². The Morgan fingerprint density at radius 2 is 2.00 bits per heavy atom. The first-order chi connectivity index (χ1) is 7.56. The molecule has 0 aliphatic heterocycles. The summed E-state index contributed by atoms with van der Waals surface area (Å²) in [5.74, 6) is -1.38. The van der Waals surface area contributed by atoms with Crippen LogP contribution in [0.4, 0.5) is 0 Å². The van der Waals surface area contributed by atoms with E-state index in [2.05, 4.69) is 5.32 Å². The largest absolute Gasteiger partial charge is 0.479 e. The molecule has 0 aromatic heterocycles. The van der Waals surface area contributed by atoms with Gasteiger partial charge in [-0.1, -0.05) is 30.3 Å². The third-order valence-electron chi connectivity index (χ3n) is 2.94. The number of hydrogen-bond donors (Lipinski definition) is 2. The van der Waals surface area contributed by atoms with Gasteiger partial charge in [0, 0.05) is 12.8 Å². The van der Waals surface area contributed by atoms with Crippen molar-refractivity contribution >= 4 is 11.9 Å². The van der Waals surface area contributed by atoms with Crippen molar-refractivity contribution in [1.82, 2.24) is 5.32 Å². The quantitative estimate of drug-likeness (QED) is 0.801. The van der Waals surface area contributed by atoms with Crippen LogP contribution in [0.2, 0.25) is 0 Å². The molecule has 1 aliphatic rings. The molecule has 0 saturated heterocycles. The fourth-order valence-electron chi connectivity index (χ4n) is 2.09. The summed E-state index contributed by atoms with van der Waals surface area (Å²) in [6, 6.07) is 9.39. The molecule has 0 bridgehead atoms. The van der Waals surface area contributed by atoms with Gasteiger partial charge in [0.05, 0.1) is 0 Å². The van der Waals surface area contributed by atoms with E-state index in [1.54, 1.807) is 0 Å². The van der Waals surface area contributed by atoms with Gasteiger partial charge < -0.3 is 10.4 Å². The zero-order valence-electron chi connectivity index (χ0n) is 8.93. The molecule has 4 nitrogen and oxygen atoms in total. The predicted molar refractivity (Wildman–Crippen MR) is 58.0 cm³/mol. The van der Waals surface area contributed by atoms with Gasteiger partial charge in [-0.05, 0) is 12.0 Å². The lowest BCUT2D eigenvalue weighted by Crippen LogP contribution is -2.43. The third kappa shape index (κ3) is 1.66. The molecule has 0 unspecified atom stereocenters. The summed E-state index contributed by atoms with van der Waals surface area (Å²) < 4.78 is 0. The fourth-order valence-corrected chi connectivity index (χ4v) is 2.09. The molecule has 0 radical (unpaired) electrons. The van der Waals surface area contributed by atoms with Crippen LogP contribution in [0.1, 0.15) is 24.8 Å². The van der Waals surface area contributed by atoms with Crippen molar-refractivity contribution in [2.24, 2.45) is 0 Å². The summed E-state index contributed by atoms with van der Waals surface area (Å²) in [4.78, 5) is 22.2. The molecule has 1 saturated carbocycles. The van der Waals surface area contributed by atoms with Crippen LogP contribution in [0.5, 0.6) is 0 Å². The minimum absolute atomic E-state index is 0.116. The molecule has 2 atom stereocenters. The summed E-state index contributed by atoms with van der Waals surface area (Å²) in [6.45, 7) is 1.34. The average Bonchev–Trinajstić information content (AvgIpc) is 2.94. The summed E-state index contributed by atoms with van der Waals surface area (Å²) in [6.07, 6.45) is 0.464. The summed E-state index contributed by atoms with van der Waals surface area (Å²) in [5.41, 5.74) is -0.133. The monoisotopic (exact) mass is 219 g/mol. The van der Waals surface area contributed by atoms with Crippen LogP contribution in [0, 0.1) is 0 Å². The van der Waals surface area contributed by atoms with Gasteiger partial charge in [-0.3, -0.25) is 4.79 Å². The number of hydrogen-bond acceptors (Lipinski definition) is 2. The maximum atomic E-state index is 11.2. The highest BCUT2D eigenvalue weighted by molar-refractivity contribution is 5.91. The van der Waals surface area contributed by atoms with E-state index >= 15 is 0 Å². The Hall–Kier alpha value is -1.84. The first kappa shape index (κ1) is 10.7. The van der Waals surface area contributed by atoms with E-state index in [9.17, 15) is 9.59 Å². The van der Waals surface area contributed by atoms with Gasteiger partial charge in [0.2, 0.25) is 5.91 Å². The minimum atomic E-state index is -1.09. The number of nitrogens with one attached hydrogen (secondary N) is 1. The van der Waals surface area contributed by atoms with Crippen LogP contribution in [0.3, 0.4) is 0 Å². The van der Waals surface area contributed by atoms with Gasteiger partial charge in [-0.25, -0.2) is 4.79 Å². The van der Waals surface area contributed by atoms with E-state index in [0.29, 0.717) is 6.42 Å². The van der Waals surface area contributed by atoms with E-state index in [1.165, 1.54) is 6.92 Å². The van der Waals surface area contributed by atoms with E-state index < -0.39 is 11.5 Å². The minimum Gasteiger partial charge on any atom is -0.479 e. The second-order valence-electron chi connectivity index (χ2n) is 4.13. The molecule has 16 heavy (non-hydrogen) atoms. The van der Waals surface area contributed by atoms with Crippen molar-refractivity contribution < 1.29 is 14.7 Å². The molecular formula is C12H13NO3. The molecular weight excluding hydrogens is 206 g/mol. The molecule has 1 aromatic rings. The second-order valence-corrected chi connectivity index (χ2v) is 4.13. The van der Waals surface area contributed by atoms with Gasteiger partial charge in [0.15, 0.2) is 0 Å². The molecule has 84 valence electrons. The van der Waals surface area contributed by atoms with Crippen molar-refractivity contribution in [3.8, 4) is 0 Å². The number of benzene rings is 1. The lowest BCUT2D eigenvalue weighted by atomic mass is 10.1. The number of amides is 1. The van der Waals surface area contributed by atoms with Crippen molar-refractivity contribution in [3.05, 3.63) is 35.9 Å². The van der Waals surface area contributed by atoms with Gasteiger partial charge in [-0.2, -0.15) is 0 Å². The molecule has 2 N–H and O–H groups in total. The number of carbonyl (C=O) groups excluding carboxylic acids is 1. The Morgan fingerprint density at radius 1 is 1.38 bits per heavy atom. The fraction of sp³-hybridized carbons (Fsp3) is 0.333. The van der Waals surface area contributed by atoms with Crippen LogP contribution in [-0.2, 0) is 9.59 Å². The van der Waals surface area contributed by atoms with Crippen molar-refractivity contribution in [1.29, 1.82) is 0 Å². The molecule has 1 fully saturated rings. The van der Waals surface area contributed by atoms with E-state index in [4.69, 9.17) is 5.11 Å². The van der Waals surface area contributed by atoms with Gasteiger partial charge in [0.25, 0.3) is 0 Å². The van der Waals surface area contributed by atoms with Gasteiger partial charge >= 0.3 is 5.97 Å². The summed E-state index contributed by atoms with van der Waals surface area (Å²) in [5, 5.41) is 11.7. The zero-order chi connectivity index (χ0) is 11.8. The average molecular weight is 219 g/mol. The Morgan fingerprint density at radius 3 is 2.50 bits per heavy atom. The summed E-state index contributed by atoms with van der Waals surface area (Å²) >= 11 is 0. The molecule has 0 heterocycles. The van der Waals surface area contributed by atoms with Crippen molar-refractivity contribution in [3.63, 3.8) is 0 Å². The number of aliphatic carboxylic acids is 1. The molecule has 0 spiro atoms. The van der Waals surface area contributed by atoms with Gasteiger partial charge in [-0.15, -0.1) is 0 Å². The second kappa shape index (κ2) is 3.63. The third-order valence-corrected chi connectivity index (χ3v) is 2.94. The molecule has 1 aromatic carbocycles. The smallest absolute Gasteiger partial charge is 0.330 e. The SMILES string of the molecule is CC(=O)N[C@]1(C(=O)O)C[C@H]1c1ccccc1. The molecule has 1 amide bonds. The molecule has 1 aliphatic carbocycles. The maximum absolute atomic E-state index is 11.2. The maximum Gasteiger partial charge on any atom is 0.330 e. The van der Waals surface area contributed by atoms with Crippen LogP contribution < -0.4 is 5.32 Å². The standard InChI is InChI=1S/C12H13NO3/c1-8(14)13-12(11(15)16)7-10(12)9-5-3-2-4-6-9/h2-6,10H,7H2,1H3,(H,13,14)(H,15,16)/t10-,12+/m0/s1. The lowest BCUT2D eigenvalue weighted by molar-refractivity contribution is -0.143. The Labute approximate surface area is 93.3 Å². The predicted octanol–water partition coefficient (Wildman–Crippen LogP) is 1.13. The zero-order valence-corrected chi connectivity index (χ0v) is 8.93. The van der Waals surface area contributed by atoms with Crippen molar-refractivity contribution in [2.45, 2.75) is 24.8 Å². The number of carboxylic acids is 1. The Kier molecular flexibility index (Phi) is 2.42. The van der Waals surface area contributed by atoms with Crippen LogP contribution in [0.25, 0.3) is 0 Å². The van der Waals surface area contributed by atoms with E-state index in [1.807, 2.05) is 30.3 Å². The van der Waals surface area contributed by atoms with Crippen LogP contribution in [-0.4, -0.2) is 22.5 Å². The van der Waals surface area contributed by atoms with Crippen molar-refractivity contribution in [2.75, 3.05) is 0 Å². The van der Waals surface area contributed by atoms with E-state index in [-0.39, 0.29) is 11.8 Å². The normalized spacial score (nSPS) is 27.2. The lowest BCUT2D eigenvalue weighted by Gasteiger charge is -2.13. The highest BCUT2D eigenvalue weighted by atomic mass is 16.4. The van der Waals surface area contributed by atoms with Gasteiger partial charge in [0.1, 0.15) is 5.54 Å². The Bertz CT molecular complexity index is 429. The summed E-state index contributed by atoms with van der Waals surface area (Å²) in [7, 11) is 0.